The van der Waals surface area contributed by atoms with Crippen LogP contribution in [0.2, 0.25) is 0 Å². The van der Waals surface area contributed by atoms with Gasteiger partial charge in [0.1, 0.15) is 5.01 Å². The third-order valence-electron chi connectivity index (χ3n) is 3.00. The first-order chi connectivity index (χ1) is 8.65. The highest BCUT2D eigenvalue weighted by molar-refractivity contribution is 7.15. The quantitative estimate of drug-likeness (QED) is 0.908. The molecule has 1 aromatic heterocycles. The van der Waals surface area contributed by atoms with Crippen molar-refractivity contribution < 1.29 is 4.79 Å². The minimum Gasteiger partial charge on any atom is -0.299 e. The van der Waals surface area contributed by atoms with Gasteiger partial charge in [-0.2, -0.15) is 0 Å². The van der Waals surface area contributed by atoms with Crippen molar-refractivity contribution in [3.05, 3.63) is 5.01 Å². The number of hydrogen-bond donors (Lipinski definition) is 1. The zero-order valence-corrected chi connectivity index (χ0v) is 11.8. The molecule has 1 fully saturated rings. The van der Waals surface area contributed by atoms with Crippen molar-refractivity contribution in [2.45, 2.75) is 39.0 Å². The standard InChI is InChI=1S/C12H20N4OS/c1-9(2)11-14-15-12(18-11)13-10(17)8-16-6-4-3-5-7-16/h9H,3-8H2,1-2H3,(H,13,15,17). The lowest BCUT2D eigenvalue weighted by Crippen LogP contribution is -2.36. The number of carbonyl (C=O) groups is 1. The second kappa shape index (κ2) is 6.24. The molecular weight excluding hydrogens is 248 g/mol. The summed E-state index contributed by atoms with van der Waals surface area (Å²) in [5.74, 6) is 0.374. The van der Waals surface area contributed by atoms with Gasteiger partial charge >= 0.3 is 0 Å². The Kier molecular flexibility index (Phi) is 4.66. The van der Waals surface area contributed by atoms with Crippen LogP contribution in [0.4, 0.5) is 5.13 Å². The lowest BCUT2D eigenvalue weighted by atomic mass is 10.1. The molecule has 2 rings (SSSR count). The smallest absolute Gasteiger partial charge is 0.240 e. The van der Waals surface area contributed by atoms with Crippen molar-refractivity contribution in [1.29, 1.82) is 0 Å². The zero-order chi connectivity index (χ0) is 13.0. The number of hydrogen-bond acceptors (Lipinski definition) is 5. The monoisotopic (exact) mass is 268 g/mol. The van der Waals surface area contributed by atoms with Gasteiger partial charge in [-0.1, -0.05) is 31.6 Å². The van der Waals surface area contributed by atoms with Gasteiger partial charge < -0.3 is 0 Å². The number of nitrogens with zero attached hydrogens (tertiary/aromatic N) is 3. The molecule has 5 nitrogen and oxygen atoms in total. The highest BCUT2D eigenvalue weighted by Gasteiger charge is 2.15. The average molecular weight is 268 g/mol. The maximum Gasteiger partial charge on any atom is 0.240 e. The Bertz CT molecular complexity index is 399. The second-order valence-electron chi connectivity index (χ2n) is 4.99. The summed E-state index contributed by atoms with van der Waals surface area (Å²) in [6, 6.07) is 0. The van der Waals surface area contributed by atoms with Crippen molar-refractivity contribution in [1.82, 2.24) is 15.1 Å². The van der Waals surface area contributed by atoms with Gasteiger partial charge in [-0.3, -0.25) is 15.0 Å². The van der Waals surface area contributed by atoms with E-state index in [9.17, 15) is 4.79 Å². The van der Waals surface area contributed by atoms with Gasteiger partial charge in [0.15, 0.2) is 0 Å². The van der Waals surface area contributed by atoms with Crippen LogP contribution in [-0.2, 0) is 4.79 Å². The largest absolute Gasteiger partial charge is 0.299 e. The summed E-state index contributed by atoms with van der Waals surface area (Å²) in [6.07, 6.45) is 3.68. The maximum absolute atomic E-state index is 11.8. The summed E-state index contributed by atoms with van der Waals surface area (Å²) in [5, 5.41) is 12.4. The number of amides is 1. The van der Waals surface area contributed by atoms with Gasteiger partial charge in [-0.25, -0.2) is 0 Å². The van der Waals surface area contributed by atoms with E-state index >= 15 is 0 Å². The number of rotatable bonds is 4. The van der Waals surface area contributed by atoms with Gasteiger partial charge in [-0.05, 0) is 25.9 Å². The van der Waals surface area contributed by atoms with Crippen LogP contribution in [-0.4, -0.2) is 40.6 Å². The fourth-order valence-electron chi connectivity index (χ4n) is 2.00. The molecule has 0 saturated carbocycles. The molecule has 0 bridgehead atoms. The Labute approximate surface area is 112 Å². The molecule has 1 amide bonds. The molecule has 2 heterocycles. The number of likely N-dealkylation sites (tertiary alicyclic amines) is 1. The molecule has 0 spiro atoms. The summed E-state index contributed by atoms with van der Waals surface area (Å²) in [7, 11) is 0. The summed E-state index contributed by atoms with van der Waals surface area (Å²) < 4.78 is 0. The number of aromatic nitrogens is 2. The van der Waals surface area contributed by atoms with Crippen LogP contribution in [0.1, 0.15) is 44.0 Å². The number of anilines is 1. The van der Waals surface area contributed by atoms with E-state index in [2.05, 4.69) is 34.3 Å². The van der Waals surface area contributed by atoms with Crippen molar-refractivity contribution in [2.75, 3.05) is 25.0 Å². The third kappa shape index (κ3) is 3.74. The predicted octanol–water partition coefficient (Wildman–Crippen LogP) is 2.09. The number of carbonyl (C=O) groups excluding carboxylic acids is 1. The zero-order valence-electron chi connectivity index (χ0n) is 11.0. The van der Waals surface area contributed by atoms with Crippen molar-refractivity contribution in [3.8, 4) is 0 Å². The molecular formula is C12H20N4OS. The highest BCUT2D eigenvalue weighted by Crippen LogP contribution is 2.22. The van der Waals surface area contributed by atoms with E-state index in [-0.39, 0.29) is 5.91 Å². The van der Waals surface area contributed by atoms with Crippen LogP contribution in [0.15, 0.2) is 0 Å². The lowest BCUT2D eigenvalue weighted by Gasteiger charge is -2.25. The van der Waals surface area contributed by atoms with Gasteiger partial charge in [0.25, 0.3) is 0 Å². The van der Waals surface area contributed by atoms with Crippen LogP contribution in [0.25, 0.3) is 0 Å². The second-order valence-corrected chi connectivity index (χ2v) is 5.99. The summed E-state index contributed by atoms with van der Waals surface area (Å²) >= 11 is 1.46. The fourth-order valence-corrected chi connectivity index (χ4v) is 2.76. The molecule has 18 heavy (non-hydrogen) atoms. The van der Waals surface area contributed by atoms with E-state index in [1.54, 1.807) is 0 Å². The van der Waals surface area contributed by atoms with Gasteiger partial charge in [0, 0.05) is 5.92 Å². The van der Waals surface area contributed by atoms with Gasteiger partial charge in [0.2, 0.25) is 11.0 Å². The molecule has 0 aromatic carbocycles. The molecule has 0 aliphatic carbocycles. The Morgan fingerprint density at radius 2 is 2.06 bits per heavy atom. The molecule has 6 heteroatoms. The summed E-state index contributed by atoms with van der Waals surface area (Å²) in [5.41, 5.74) is 0. The summed E-state index contributed by atoms with van der Waals surface area (Å²) in [6.45, 7) is 6.66. The normalized spacial score (nSPS) is 17.1. The molecule has 0 unspecified atom stereocenters. The Morgan fingerprint density at radius 3 is 2.67 bits per heavy atom. The van der Waals surface area contributed by atoms with Gasteiger partial charge in [-0.15, -0.1) is 10.2 Å². The molecule has 0 radical (unpaired) electrons. The first-order valence-corrected chi connectivity index (χ1v) is 7.32. The fraction of sp³-hybridized carbons (Fsp3) is 0.750. The van der Waals surface area contributed by atoms with Crippen LogP contribution in [0.3, 0.4) is 0 Å². The van der Waals surface area contributed by atoms with E-state index in [0.29, 0.717) is 17.6 Å². The predicted molar refractivity (Wildman–Crippen MR) is 72.9 cm³/mol. The average Bonchev–Trinajstić information content (AvgIpc) is 2.78. The number of nitrogens with one attached hydrogen (secondary N) is 1. The maximum atomic E-state index is 11.8. The molecule has 1 saturated heterocycles. The molecule has 1 aliphatic rings. The van der Waals surface area contributed by atoms with E-state index in [1.807, 2.05) is 0 Å². The molecule has 1 aromatic rings. The van der Waals surface area contributed by atoms with Crippen LogP contribution in [0, 0.1) is 0 Å². The lowest BCUT2D eigenvalue weighted by molar-refractivity contribution is -0.117. The molecule has 100 valence electrons. The third-order valence-corrected chi connectivity index (χ3v) is 4.14. The number of piperidine rings is 1. The van der Waals surface area contributed by atoms with Crippen molar-refractivity contribution in [2.24, 2.45) is 0 Å². The van der Waals surface area contributed by atoms with E-state index in [4.69, 9.17) is 0 Å². The van der Waals surface area contributed by atoms with Gasteiger partial charge in [0.05, 0.1) is 6.54 Å². The highest BCUT2D eigenvalue weighted by atomic mass is 32.1. The van der Waals surface area contributed by atoms with Crippen molar-refractivity contribution >= 4 is 22.4 Å². The van der Waals surface area contributed by atoms with Crippen LogP contribution < -0.4 is 5.32 Å². The minimum absolute atomic E-state index is 0.0170. The Morgan fingerprint density at radius 1 is 1.33 bits per heavy atom. The summed E-state index contributed by atoms with van der Waals surface area (Å²) in [4.78, 5) is 14.0. The van der Waals surface area contributed by atoms with E-state index < -0.39 is 0 Å². The first kappa shape index (κ1) is 13.4. The van der Waals surface area contributed by atoms with Crippen LogP contribution in [0.5, 0.6) is 0 Å². The van der Waals surface area contributed by atoms with Crippen LogP contribution >= 0.6 is 11.3 Å². The molecule has 1 N–H and O–H groups in total. The Hall–Kier alpha value is -1.01. The van der Waals surface area contributed by atoms with E-state index in [0.717, 1.165) is 18.1 Å². The first-order valence-electron chi connectivity index (χ1n) is 6.51. The Balaban J connectivity index is 1.82. The molecule has 1 aliphatic heterocycles. The van der Waals surface area contributed by atoms with E-state index in [1.165, 1.54) is 30.6 Å². The minimum atomic E-state index is 0.0170. The molecule has 0 atom stereocenters. The topological polar surface area (TPSA) is 58.1 Å². The van der Waals surface area contributed by atoms with Crippen molar-refractivity contribution in [3.63, 3.8) is 0 Å². The SMILES string of the molecule is CC(C)c1nnc(NC(=O)CN2CCCCC2)s1.